The molecule has 0 spiro atoms. The van der Waals surface area contributed by atoms with Gasteiger partial charge in [-0.05, 0) is 42.7 Å². The van der Waals surface area contributed by atoms with Crippen LogP contribution in [0.15, 0.2) is 74.4 Å². The van der Waals surface area contributed by atoms with E-state index in [0.717, 1.165) is 15.4 Å². The maximum absolute atomic E-state index is 13.0. The Labute approximate surface area is 175 Å². The quantitative estimate of drug-likeness (QED) is 0.462. The van der Waals surface area contributed by atoms with E-state index in [2.05, 4.69) is 20.5 Å². The number of para-hydroxylation sites is 1. The number of imide groups is 1. The molecule has 0 radical (unpaired) electrons. The molecule has 3 aromatic rings. The fraction of sp³-hybridized carbons (Fsp3) is 0.200. The predicted octanol–water partition coefficient (Wildman–Crippen LogP) is 2.95. The summed E-state index contributed by atoms with van der Waals surface area (Å²) in [7, 11) is 0. The van der Waals surface area contributed by atoms with Crippen LogP contribution < -0.4 is 4.90 Å². The average molecular weight is 420 g/mol. The lowest BCUT2D eigenvalue weighted by Crippen LogP contribution is -2.39. The van der Waals surface area contributed by atoms with Gasteiger partial charge in [0.1, 0.15) is 6.54 Å². The maximum atomic E-state index is 13.0. The van der Waals surface area contributed by atoms with Crippen LogP contribution in [0.5, 0.6) is 0 Å². The first-order valence-corrected chi connectivity index (χ1v) is 10.5. The van der Waals surface area contributed by atoms with E-state index in [0.29, 0.717) is 11.5 Å². The Kier molecular flexibility index (Phi) is 4.55. The molecule has 2 aliphatic heterocycles. The van der Waals surface area contributed by atoms with E-state index in [1.807, 2.05) is 36.6 Å². The molecule has 10 heteroatoms. The lowest BCUT2D eigenvalue weighted by molar-refractivity contribution is -0.123. The number of anilines is 1. The Hall–Kier alpha value is -3.53. The zero-order valence-electron chi connectivity index (χ0n) is 15.9. The summed E-state index contributed by atoms with van der Waals surface area (Å²) in [5.41, 5.74) is 1.34. The third-order valence-corrected chi connectivity index (χ3v) is 5.73. The van der Waals surface area contributed by atoms with Gasteiger partial charge in [0.05, 0.1) is 5.69 Å². The standard InChI is InChI=1S/C20H16N6O3S/c1-30-14-9-7-12(8-10-14)18-21-15(29-23-18)11-25-17-16(22-24-25)19(27)26(20(17)28)13-5-3-2-4-6-13/h2-10,16-17H,11H2,1H3/t16-,17+/m0/s1. The number of fused-ring (bicyclic) bond motifs is 1. The van der Waals surface area contributed by atoms with Gasteiger partial charge in [0, 0.05) is 10.5 Å². The Morgan fingerprint density at radius 1 is 1.03 bits per heavy atom. The number of hydrogen-bond acceptors (Lipinski definition) is 9. The van der Waals surface area contributed by atoms with Gasteiger partial charge in [0.25, 0.3) is 11.8 Å². The molecule has 0 unspecified atom stereocenters. The number of carbonyl (C=O) groups excluding carboxylic acids is 2. The van der Waals surface area contributed by atoms with Crippen LogP contribution in [0.3, 0.4) is 0 Å². The van der Waals surface area contributed by atoms with Gasteiger partial charge < -0.3 is 4.52 Å². The number of rotatable bonds is 5. The summed E-state index contributed by atoms with van der Waals surface area (Å²) in [4.78, 5) is 32.4. The van der Waals surface area contributed by atoms with E-state index < -0.39 is 12.1 Å². The molecular weight excluding hydrogens is 404 g/mol. The van der Waals surface area contributed by atoms with Crippen LogP contribution in [0.2, 0.25) is 0 Å². The summed E-state index contributed by atoms with van der Waals surface area (Å²) in [5.74, 6) is -0.0156. The van der Waals surface area contributed by atoms with E-state index in [-0.39, 0.29) is 24.2 Å². The Balaban J connectivity index is 1.34. The molecule has 3 heterocycles. The van der Waals surface area contributed by atoms with Crippen LogP contribution in [-0.2, 0) is 16.1 Å². The van der Waals surface area contributed by atoms with Crippen LogP contribution in [0.25, 0.3) is 11.4 Å². The highest BCUT2D eigenvalue weighted by Crippen LogP contribution is 2.32. The number of benzene rings is 2. The van der Waals surface area contributed by atoms with Crippen LogP contribution in [0, 0.1) is 0 Å². The molecule has 1 aromatic heterocycles. The third kappa shape index (κ3) is 3.05. The second-order valence-corrected chi connectivity index (χ2v) is 7.66. The summed E-state index contributed by atoms with van der Waals surface area (Å²) in [6, 6.07) is 14.9. The van der Waals surface area contributed by atoms with Gasteiger partial charge in [-0.3, -0.25) is 14.6 Å². The van der Waals surface area contributed by atoms with E-state index >= 15 is 0 Å². The monoisotopic (exact) mass is 420 g/mol. The summed E-state index contributed by atoms with van der Waals surface area (Å²) < 4.78 is 5.34. The van der Waals surface area contributed by atoms with Crippen LogP contribution in [-0.4, -0.2) is 45.3 Å². The van der Waals surface area contributed by atoms with Crippen molar-refractivity contribution in [2.24, 2.45) is 10.3 Å². The fourth-order valence-electron chi connectivity index (χ4n) is 3.50. The molecule has 2 aliphatic rings. The number of hydrogen-bond donors (Lipinski definition) is 0. The lowest BCUT2D eigenvalue weighted by Gasteiger charge is -2.19. The zero-order chi connectivity index (χ0) is 20.7. The Bertz CT molecular complexity index is 1130. The first-order valence-electron chi connectivity index (χ1n) is 9.23. The van der Waals surface area contributed by atoms with Gasteiger partial charge in [-0.1, -0.05) is 28.6 Å². The molecule has 2 amide bonds. The van der Waals surface area contributed by atoms with E-state index in [4.69, 9.17) is 4.52 Å². The van der Waals surface area contributed by atoms with Gasteiger partial charge in [-0.2, -0.15) is 10.1 Å². The minimum atomic E-state index is -0.862. The third-order valence-electron chi connectivity index (χ3n) is 4.99. The molecule has 0 N–H and O–H groups in total. The number of aromatic nitrogens is 2. The SMILES string of the molecule is CSc1ccc(-c2noc(CN3N=N[C@@H]4C(=O)N(c5ccccc5)C(=O)[C@@H]43)n2)cc1. The first kappa shape index (κ1) is 18.5. The largest absolute Gasteiger partial charge is 0.337 e. The molecule has 0 saturated carbocycles. The highest BCUT2D eigenvalue weighted by molar-refractivity contribution is 7.98. The van der Waals surface area contributed by atoms with Crippen molar-refractivity contribution in [3.05, 3.63) is 60.5 Å². The number of carbonyl (C=O) groups is 2. The molecule has 0 bridgehead atoms. The van der Waals surface area contributed by atoms with Crippen molar-refractivity contribution in [3.8, 4) is 11.4 Å². The molecule has 0 aliphatic carbocycles. The van der Waals surface area contributed by atoms with E-state index in [1.54, 1.807) is 36.0 Å². The summed E-state index contributed by atoms with van der Waals surface area (Å²) in [6.07, 6.45) is 2.01. The topological polar surface area (TPSA) is 104 Å². The minimum Gasteiger partial charge on any atom is -0.337 e. The van der Waals surface area contributed by atoms with Gasteiger partial charge in [-0.15, -0.1) is 11.8 Å². The van der Waals surface area contributed by atoms with Crippen molar-refractivity contribution in [3.63, 3.8) is 0 Å². The second kappa shape index (κ2) is 7.38. The number of amides is 2. The Morgan fingerprint density at radius 2 is 1.80 bits per heavy atom. The molecule has 5 rings (SSSR count). The summed E-state index contributed by atoms with van der Waals surface area (Å²) in [6.45, 7) is 0.0855. The molecule has 150 valence electrons. The molecule has 9 nitrogen and oxygen atoms in total. The van der Waals surface area contributed by atoms with Crippen molar-refractivity contribution in [1.82, 2.24) is 15.1 Å². The Morgan fingerprint density at radius 3 is 2.53 bits per heavy atom. The minimum absolute atomic E-state index is 0.0855. The normalized spacial score (nSPS) is 20.3. The van der Waals surface area contributed by atoms with Crippen molar-refractivity contribution in [2.75, 3.05) is 11.2 Å². The van der Waals surface area contributed by atoms with Crippen LogP contribution in [0.4, 0.5) is 5.69 Å². The van der Waals surface area contributed by atoms with Crippen molar-refractivity contribution in [2.45, 2.75) is 23.5 Å². The van der Waals surface area contributed by atoms with E-state index in [9.17, 15) is 9.59 Å². The lowest BCUT2D eigenvalue weighted by atomic mass is 10.1. The number of nitrogens with zero attached hydrogens (tertiary/aromatic N) is 6. The van der Waals surface area contributed by atoms with Crippen molar-refractivity contribution >= 4 is 29.3 Å². The predicted molar refractivity (Wildman–Crippen MR) is 108 cm³/mol. The number of thioether (sulfide) groups is 1. The molecular formula is C20H16N6O3S. The van der Waals surface area contributed by atoms with Gasteiger partial charge in [0.15, 0.2) is 12.1 Å². The summed E-state index contributed by atoms with van der Waals surface area (Å²) >= 11 is 1.65. The van der Waals surface area contributed by atoms with Crippen LogP contribution >= 0.6 is 11.8 Å². The fourth-order valence-corrected chi connectivity index (χ4v) is 3.91. The van der Waals surface area contributed by atoms with E-state index in [1.165, 1.54) is 5.01 Å². The van der Waals surface area contributed by atoms with Crippen molar-refractivity contribution < 1.29 is 14.1 Å². The maximum Gasteiger partial charge on any atom is 0.263 e. The van der Waals surface area contributed by atoms with Gasteiger partial charge in [0.2, 0.25) is 11.7 Å². The average Bonchev–Trinajstić information content (AvgIpc) is 3.47. The molecule has 1 fully saturated rings. The van der Waals surface area contributed by atoms with Crippen LogP contribution in [0.1, 0.15) is 5.89 Å². The highest BCUT2D eigenvalue weighted by atomic mass is 32.2. The smallest absolute Gasteiger partial charge is 0.263 e. The van der Waals surface area contributed by atoms with Crippen molar-refractivity contribution in [1.29, 1.82) is 0 Å². The molecule has 1 saturated heterocycles. The first-order chi connectivity index (χ1) is 14.7. The zero-order valence-corrected chi connectivity index (χ0v) is 16.7. The summed E-state index contributed by atoms with van der Waals surface area (Å²) in [5, 5.41) is 13.5. The molecule has 30 heavy (non-hydrogen) atoms. The molecule has 2 atom stereocenters. The van der Waals surface area contributed by atoms with Gasteiger partial charge in [-0.25, -0.2) is 4.90 Å². The van der Waals surface area contributed by atoms with Gasteiger partial charge >= 0.3 is 0 Å². The molecule has 2 aromatic carbocycles. The second-order valence-electron chi connectivity index (χ2n) is 6.78. The highest BCUT2D eigenvalue weighted by Gasteiger charge is 2.55.